The molecule has 214 valence electrons. The van der Waals surface area contributed by atoms with Crippen molar-refractivity contribution in [3.63, 3.8) is 0 Å². The van der Waals surface area contributed by atoms with E-state index in [1.807, 2.05) is 78.9 Å². The summed E-state index contributed by atoms with van der Waals surface area (Å²) in [6.07, 6.45) is -2.81. The normalized spacial score (nSPS) is 27.2. The highest BCUT2D eigenvalue weighted by Gasteiger charge is 2.54. The average Bonchev–Trinajstić information content (AvgIpc) is 2.96. The molecular formula is C33H42O6Si. The standard InChI is InChI=1S/C33H42O6Si/c1-33(2,3)40(4,5)39-29-28-27(23-36-31(38-28)26-19-13-8-14-20-26)37-32(35-22-25-17-11-7-12-18-25)30(29)34-21-24-15-9-6-10-16-24/h6-20,27-32H,21-23H2,1-5H3/t27-,28-,29+,30+,31?,32+/m1/s1. The predicted octanol–water partition coefficient (Wildman–Crippen LogP) is 7.02. The summed E-state index contributed by atoms with van der Waals surface area (Å²) in [6, 6.07) is 30.3. The summed E-state index contributed by atoms with van der Waals surface area (Å²) < 4.78 is 39.6. The van der Waals surface area contributed by atoms with Crippen LogP contribution in [0.1, 0.15) is 43.8 Å². The smallest absolute Gasteiger partial charge is 0.192 e. The van der Waals surface area contributed by atoms with Gasteiger partial charge in [-0.15, -0.1) is 0 Å². The molecule has 2 saturated heterocycles. The lowest BCUT2D eigenvalue weighted by molar-refractivity contribution is -0.366. The van der Waals surface area contributed by atoms with Crippen LogP contribution in [0, 0.1) is 0 Å². The summed E-state index contributed by atoms with van der Waals surface area (Å²) in [5.74, 6) is 0. The van der Waals surface area contributed by atoms with E-state index < -0.39 is 33.1 Å². The minimum absolute atomic E-state index is 0.00479. The van der Waals surface area contributed by atoms with Gasteiger partial charge in [0.2, 0.25) is 0 Å². The van der Waals surface area contributed by atoms with E-state index in [-0.39, 0.29) is 17.2 Å². The molecule has 0 aromatic heterocycles. The van der Waals surface area contributed by atoms with Crippen LogP contribution in [-0.2, 0) is 41.3 Å². The molecule has 0 spiro atoms. The first-order chi connectivity index (χ1) is 19.2. The quantitative estimate of drug-likeness (QED) is 0.261. The van der Waals surface area contributed by atoms with Crippen LogP contribution < -0.4 is 0 Å². The molecule has 0 saturated carbocycles. The van der Waals surface area contributed by atoms with Crippen molar-refractivity contribution in [3.05, 3.63) is 108 Å². The zero-order valence-corrected chi connectivity index (χ0v) is 25.2. The Morgan fingerprint density at radius 1 is 0.725 bits per heavy atom. The van der Waals surface area contributed by atoms with Gasteiger partial charge in [0, 0.05) is 5.56 Å². The summed E-state index contributed by atoms with van der Waals surface area (Å²) in [5.41, 5.74) is 3.11. The van der Waals surface area contributed by atoms with Gasteiger partial charge in [-0.05, 0) is 29.3 Å². The minimum atomic E-state index is -2.25. The van der Waals surface area contributed by atoms with E-state index in [1.54, 1.807) is 0 Å². The van der Waals surface area contributed by atoms with Crippen molar-refractivity contribution < 1.29 is 28.1 Å². The fraction of sp³-hybridized carbons (Fsp3) is 0.455. The minimum Gasteiger partial charge on any atom is -0.408 e. The maximum absolute atomic E-state index is 7.15. The van der Waals surface area contributed by atoms with Crippen LogP contribution in [-0.4, -0.2) is 45.6 Å². The Kier molecular flexibility index (Phi) is 9.22. The third-order valence-electron chi connectivity index (χ3n) is 8.13. The van der Waals surface area contributed by atoms with Gasteiger partial charge in [-0.1, -0.05) is 112 Å². The zero-order valence-electron chi connectivity index (χ0n) is 24.2. The first-order valence-electron chi connectivity index (χ1n) is 14.2. The monoisotopic (exact) mass is 562 g/mol. The fourth-order valence-electron chi connectivity index (χ4n) is 4.81. The molecule has 2 fully saturated rings. The van der Waals surface area contributed by atoms with Crippen LogP contribution in [0.3, 0.4) is 0 Å². The number of ether oxygens (including phenoxy) is 5. The van der Waals surface area contributed by atoms with Gasteiger partial charge < -0.3 is 28.1 Å². The predicted molar refractivity (Wildman–Crippen MR) is 157 cm³/mol. The second kappa shape index (κ2) is 12.7. The van der Waals surface area contributed by atoms with Crippen LogP contribution in [0.5, 0.6) is 0 Å². The van der Waals surface area contributed by atoms with E-state index in [9.17, 15) is 0 Å². The summed E-state index contributed by atoms with van der Waals surface area (Å²) in [7, 11) is -2.25. The molecule has 2 aliphatic heterocycles. The van der Waals surface area contributed by atoms with Gasteiger partial charge >= 0.3 is 0 Å². The van der Waals surface area contributed by atoms with Gasteiger partial charge in [0.25, 0.3) is 0 Å². The fourth-order valence-corrected chi connectivity index (χ4v) is 6.11. The van der Waals surface area contributed by atoms with E-state index in [0.717, 1.165) is 16.7 Å². The molecule has 0 aliphatic carbocycles. The molecule has 40 heavy (non-hydrogen) atoms. The van der Waals surface area contributed by atoms with Crippen molar-refractivity contribution in [2.75, 3.05) is 6.61 Å². The van der Waals surface area contributed by atoms with E-state index in [2.05, 4.69) is 46.0 Å². The van der Waals surface area contributed by atoms with Crippen molar-refractivity contribution in [2.24, 2.45) is 0 Å². The molecule has 0 bridgehead atoms. The number of hydrogen-bond donors (Lipinski definition) is 0. The first kappa shape index (κ1) is 29.1. The van der Waals surface area contributed by atoms with Crippen LogP contribution >= 0.6 is 0 Å². The van der Waals surface area contributed by atoms with E-state index in [1.165, 1.54) is 0 Å². The van der Waals surface area contributed by atoms with Crippen LogP contribution in [0.25, 0.3) is 0 Å². The summed E-state index contributed by atoms with van der Waals surface area (Å²) >= 11 is 0. The van der Waals surface area contributed by atoms with Crippen molar-refractivity contribution in [1.29, 1.82) is 0 Å². The molecule has 6 atom stereocenters. The first-order valence-corrected chi connectivity index (χ1v) is 17.1. The Bertz CT molecular complexity index is 1180. The lowest BCUT2D eigenvalue weighted by Gasteiger charge is -2.52. The molecule has 3 aromatic rings. The average molecular weight is 563 g/mol. The van der Waals surface area contributed by atoms with Gasteiger partial charge in [0.15, 0.2) is 20.9 Å². The number of rotatable bonds is 9. The lowest BCUT2D eigenvalue weighted by atomic mass is 9.97. The molecule has 2 aliphatic rings. The number of fused-ring (bicyclic) bond motifs is 1. The highest BCUT2D eigenvalue weighted by molar-refractivity contribution is 6.74. The molecule has 0 radical (unpaired) electrons. The van der Waals surface area contributed by atoms with Crippen molar-refractivity contribution in [2.45, 2.75) is 89.1 Å². The van der Waals surface area contributed by atoms with E-state index in [0.29, 0.717) is 19.8 Å². The molecule has 6 nitrogen and oxygen atoms in total. The van der Waals surface area contributed by atoms with Crippen molar-refractivity contribution in [3.8, 4) is 0 Å². The SMILES string of the molecule is CC(C)(C)[Si](C)(C)O[C@@H]1[C@H](OCc2ccccc2)[C@@H](OCc2ccccc2)O[C@@H]2COC(c3ccccc3)O[C@@H]12. The second-order valence-corrected chi connectivity index (χ2v) is 16.9. The van der Waals surface area contributed by atoms with Gasteiger partial charge in [-0.3, -0.25) is 0 Å². The molecule has 5 rings (SSSR count). The molecule has 7 heteroatoms. The van der Waals surface area contributed by atoms with Crippen molar-refractivity contribution in [1.82, 2.24) is 0 Å². The largest absolute Gasteiger partial charge is 0.408 e. The van der Waals surface area contributed by atoms with Crippen LogP contribution in [0.4, 0.5) is 0 Å². The summed E-state index contributed by atoms with van der Waals surface area (Å²) in [4.78, 5) is 0. The van der Waals surface area contributed by atoms with Crippen LogP contribution in [0.2, 0.25) is 18.1 Å². The van der Waals surface area contributed by atoms with Crippen LogP contribution in [0.15, 0.2) is 91.0 Å². The third kappa shape index (κ3) is 6.91. The van der Waals surface area contributed by atoms with Gasteiger partial charge in [0.05, 0.1) is 19.8 Å². The summed E-state index contributed by atoms with van der Waals surface area (Å²) in [6.45, 7) is 12.4. The lowest BCUT2D eigenvalue weighted by Crippen LogP contribution is -2.66. The van der Waals surface area contributed by atoms with E-state index in [4.69, 9.17) is 28.1 Å². The molecule has 0 amide bonds. The zero-order chi connectivity index (χ0) is 28.2. The highest BCUT2D eigenvalue weighted by atomic mass is 28.4. The van der Waals surface area contributed by atoms with Gasteiger partial charge in [0.1, 0.15) is 24.4 Å². The number of benzene rings is 3. The molecular weight excluding hydrogens is 520 g/mol. The summed E-state index contributed by atoms with van der Waals surface area (Å²) in [5, 5.41) is -0.00479. The molecule has 2 heterocycles. The Morgan fingerprint density at radius 3 is 1.85 bits per heavy atom. The van der Waals surface area contributed by atoms with Gasteiger partial charge in [-0.2, -0.15) is 0 Å². The molecule has 1 unspecified atom stereocenters. The Balaban J connectivity index is 1.46. The maximum Gasteiger partial charge on any atom is 0.192 e. The Labute approximate surface area is 239 Å². The Hall–Kier alpha value is -2.36. The third-order valence-corrected chi connectivity index (χ3v) is 12.6. The topological polar surface area (TPSA) is 55.4 Å². The highest BCUT2D eigenvalue weighted by Crippen LogP contribution is 2.43. The molecule has 0 N–H and O–H groups in total. The van der Waals surface area contributed by atoms with E-state index >= 15 is 0 Å². The van der Waals surface area contributed by atoms with Gasteiger partial charge in [-0.25, -0.2) is 0 Å². The Morgan fingerprint density at radius 2 is 1.27 bits per heavy atom. The molecule has 3 aromatic carbocycles. The number of hydrogen-bond acceptors (Lipinski definition) is 6. The second-order valence-electron chi connectivity index (χ2n) is 12.1. The van der Waals surface area contributed by atoms with Crippen molar-refractivity contribution >= 4 is 8.32 Å². The maximum atomic E-state index is 7.15.